The molecule has 0 bridgehead atoms. The maximum absolute atomic E-state index is 8.37. The third-order valence-electron chi connectivity index (χ3n) is 3.24. The summed E-state index contributed by atoms with van der Waals surface area (Å²) in [6.07, 6.45) is 3.88. The van der Waals surface area contributed by atoms with Crippen LogP contribution in [-0.4, -0.2) is 12.1 Å². The Bertz CT molecular complexity index is 395. The van der Waals surface area contributed by atoms with Gasteiger partial charge in [0.25, 0.3) is 0 Å². The van der Waals surface area contributed by atoms with E-state index >= 15 is 0 Å². The van der Waals surface area contributed by atoms with Crippen molar-refractivity contribution < 1.29 is 4.84 Å². The highest BCUT2D eigenvalue weighted by Crippen LogP contribution is 2.21. The topological polar surface area (TPSA) is 70.0 Å². The van der Waals surface area contributed by atoms with Crippen LogP contribution >= 0.6 is 0 Å². The second-order valence-electron chi connectivity index (χ2n) is 4.60. The number of hydrogen-bond acceptors (Lipinski definition) is 3. The standard InChI is InChI=1S/C13H18N4O/c14-17-15-12-6-8-13(9-7-12)16-18-10-11-4-2-1-3-5-11/h1-5,12-13,16H,6-10H2. The van der Waals surface area contributed by atoms with Gasteiger partial charge >= 0.3 is 0 Å². The molecule has 0 aromatic heterocycles. The molecule has 18 heavy (non-hydrogen) atoms. The lowest BCUT2D eigenvalue weighted by Gasteiger charge is -2.26. The number of nitrogens with one attached hydrogen (secondary N) is 1. The number of nitrogens with zero attached hydrogens (tertiary/aromatic N) is 3. The summed E-state index contributed by atoms with van der Waals surface area (Å²) in [5.74, 6) is 0. The van der Waals surface area contributed by atoms with Crippen LogP contribution in [0, 0.1) is 0 Å². The van der Waals surface area contributed by atoms with Crippen LogP contribution in [0.5, 0.6) is 0 Å². The van der Waals surface area contributed by atoms with Crippen molar-refractivity contribution in [1.82, 2.24) is 5.48 Å². The Hall–Kier alpha value is -1.55. The summed E-state index contributed by atoms with van der Waals surface area (Å²) in [6.45, 7) is 0.580. The van der Waals surface area contributed by atoms with E-state index in [1.165, 1.54) is 0 Å². The van der Waals surface area contributed by atoms with Gasteiger partial charge in [0.05, 0.1) is 6.61 Å². The van der Waals surface area contributed by atoms with Gasteiger partial charge in [0.15, 0.2) is 0 Å². The van der Waals surface area contributed by atoms with Crippen LogP contribution < -0.4 is 5.48 Å². The predicted molar refractivity (Wildman–Crippen MR) is 69.6 cm³/mol. The Labute approximate surface area is 107 Å². The Kier molecular flexibility index (Phi) is 5.02. The number of hydroxylamine groups is 1. The van der Waals surface area contributed by atoms with Crippen molar-refractivity contribution in [3.05, 3.63) is 46.3 Å². The van der Waals surface area contributed by atoms with Crippen molar-refractivity contribution in [2.75, 3.05) is 0 Å². The summed E-state index contributed by atoms with van der Waals surface area (Å²) < 4.78 is 0. The second-order valence-corrected chi connectivity index (χ2v) is 4.60. The third-order valence-corrected chi connectivity index (χ3v) is 3.24. The minimum Gasteiger partial charge on any atom is -0.297 e. The molecule has 0 heterocycles. The van der Waals surface area contributed by atoms with Crippen LogP contribution in [0.3, 0.4) is 0 Å². The first-order chi connectivity index (χ1) is 8.88. The third kappa shape index (κ3) is 4.04. The van der Waals surface area contributed by atoms with Crippen molar-refractivity contribution >= 4 is 0 Å². The van der Waals surface area contributed by atoms with E-state index in [9.17, 15) is 0 Å². The van der Waals surface area contributed by atoms with E-state index in [0.717, 1.165) is 31.2 Å². The average molecular weight is 246 g/mol. The molecule has 5 heteroatoms. The van der Waals surface area contributed by atoms with Crippen LogP contribution in [0.2, 0.25) is 0 Å². The molecule has 0 amide bonds. The first-order valence-corrected chi connectivity index (χ1v) is 6.34. The number of benzene rings is 1. The lowest BCUT2D eigenvalue weighted by atomic mass is 9.92. The Morgan fingerprint density at radius 2 is 1.94 bits per heavy atom. The highest BCUT2D eigenvalue weighted by Gasteiger charge is 2.19. The van der Waals surface area contributed by atoms with E-state index in [0.29, 0.717) is 12.6 Å². The molecule has 0 saturated heterocycles. The summed E-state index contributed by atoms with van der Waals surface area (Å²) in [5.41, 5.74) is 12.6. The zero-order valence-electron chi connectivity index (χ0n) is 10.3. The normalized spacial score (nSPS) is 23.3. The molecule has 96 valence electrons. The summed E-state index contributed by atoms with van der Waals surface area (Å²) >= 11 is 0. The van der Waals surface area contributed by atoms with Gasteiger partial charge in [-0.1, -0.05) is 35.4 Å². The zero-order valence-corrected chi connectivity index (χ0v) is 10.3. The molecule has 1 aliphatic rings. The summed E-state index contributed by atoms with van der Waals surface area (Å²) in [6, 6.07) is 10.6. The molecule has 0 aliphatic heterocycles. The second kappa shape index (κ2) is 7.01. The van der Waals surface area contributed by atoms with E-state index in [-0.39, 0.29) is 6.04 Å². The smallest absolute Gasteiger partial charge is 0.0933 e. The van der Waals surface area contributed by atoms with Gasteiger partial charge in [-0.15, -0.1) is 0 Å². The highest BCUT2D eigenvalue weighted by molar-refractivity contribution is 5.13. The van der Waals surface area contributed by atoms with Gasteiger partial charge in [-0.25, -0.2) is 0 Å². The van der Waals surface area contributed by atoms with E-state index in [1.807, 2.05) is 30.3 Å². The fourth-order valence-corrected chi connectivity index (χ4v) is 2.20. The van der Waals surface area contributed by atoms with Gasteiger partial charge in [-0.3, -0.25) is 4.84 Å². The van der Waals surface area contributed by atoms with E-state index in [2.05, 4.69) is 15.5 Å². The first-order valence-electron chi connectivity index (χ1n) is 6.34. The van der Waals surface area contributed by atoms with Gasteiger partial charge in [0, 0.05) is 17.0 Å². The van der Waals surface area contributed by atoms with Crippen LogP contribution in [0.4, 0.5) is 0 Å². The molecule has 1 aromatic carbocycles. The molecule has 0 radical (unpaired) electrons. The van der Waals surface area contributed by atoms with Gasteiger partial charge in [-0.2, -0.15) is 5.48 Å². The molecule has 1 aliphatic carbocycles. The molecule has 0 unspecified atom stereocenters. The van der Waals surface area contributed by atoms with Gasteiger partial charge < -0.3 is 0 Å². The molecule has 2 rings (SSSR count). The molecular weight excluding hydrogens is 228 g/mol. The van der Waals surface area contributed by atoms with Crippen LogP contribution in [0.15, 0.2) is 35.4 Å². The maximum Gasteiger partial charge on any atom is 0.0933 e. The van der Waals surface area contributed by atoms with Crippen molar-refractivity contribution in [2.24, 2.45) is 5.11 Å². The van der Waals surface area contributed by atoms with Gasteiger partial charge in [-0.05, 0) is 36.8 Å². The van der Waals surface area contributed by atoms with Crippen LogP contribution in [-0.2, 0) is 11.4 Å². The Morgan fingerprint density at radius 1 is 1.22 bits per heavy atom. The lowest BCUT2D eigenvalue weighted by Crippen LogP contribution is -2.34. The highest BCUT2D eigenvalue weighted by atomic mass is 16.6. The van der Waals surface area contributed by atoms with Gasteiger partial charge in [0.1, 0.15) is 0 Å². The number of azide groups is 1. The molecular formula is C13H18N4O. The minimum atomic E-state index is 0.169. The molecule has 5 nitrogen and oxygen atoms in total. The predicted octanol–water partition coefficient (Wildman–Crippen LogP) is 3.33. The van der Waals surface area contributed by atoms with Crippen LogP contribution in [0.1, 0.15) is 31.2 Å². The van der Waals surface area contributed by atoms with E-state index in [4.69, 9.17) is 10.4 Å². The van der Waals surface area contributed by atoms with Crippen molar-refractivity contribution in [3.63, 3.8) is 0 Å². The van der Waals surface area contributed by atoms with Gasteiger partial charge in [0.2, 0.25) is 0 Å². The summed E-state index contributed by atoms with van der Waals surface area (Å²) in [5, 5.41) is 3.76. The molecule has 0 spiro atoms. The molecule has 0 atom stereocenters. The Morgan fingerprint density at radius 3 is 2.61 bits per heavy atom. The number of rotatable bonds is 5. The quantitative estimate of drug-likeness (QED) is 0.374. The zero-order chi connectivity index (χ0) is 12.6. The van der Waals surface area contributed by atoms with Crippen molar-refractivity contribution in [1.29, 1.82) is 0 Å². The average Bonchev–Trinajstić information content (AvgIpc) is 2.42. The Balaban J connectivity index is 1.65. The van der Waals surface area contributed by atoms with E-state index in [1.54, 1.807) is 0 Å². The minimum absolute atomic E-state index is 0.169. The summed E-state index contributed by atoms with van der Waals surface area (Å²) in [4.78, 5) is 8.36. The maximum atomic E-state index is 8.37. The van der Waals surface area contributed by atoms with E-state index < -0.39 is 0 Å². The lowest BCUT2D eigenvalue weighted by molar-refractivity contribution is -0.00561. The first kappa shape index (κ1) is 12.9. The largest absolute Gasteiger partial charge is 0.297 e. The fraction of sp³-hybridized carbons (Fsp3) is 0.538. The molecule has 1 fully saturated rings. The monoisotopic (exact) mass is 246 g/mol. The molecule has 1 saturated carbocycles. The van der Waals surface area contributed by atoms with Crippen molar-refractivity contribution in [3.8, 4) is 0 Å². The SMILES string of the molecule is [N-]=[N+]=NC1CCC(NOCc2ccccc2)CC1. The van der Waals surface area contributed by atoms with Crippen molar-refractivity contribution in [2.45, 2.75) is 44.4 Å². The molecule has 1 N–H and O–H groups in total. The number of hydrogen-bond donors (Lipinski definition) is 1. The molecule has 1 aromatic rings. The summed E-state index contributed by atoms with van der Waals surface area (Å²) in [7, 11) is 0. The fourth-order valence-electron chi connectivity index (χ4n) is 2.20. The van der Waals surface area contributed by atoms with Crippen LogP contribution in [0.25, 0.3) is 10.4 Å².